The van der Waals surface area contributed by atoms with Crippen molar-refractivity contribution >= 4 is 45.6 Å². The van der Waals surface area contributed by atoms with E-state index < -0.39 is 71.5 Å². The van der Waals surface area contributed by atoms with Crippen LogP contribution in [0.15, 0.2) is 31.8 Å². The number of nitrogens with one attached hydrogen (secondary N) is 4. The summed E-state index contributed by atoms with van der Waals surface area (Å²) in [4.78, 5) is 70.2. The van der Waals surface area contributed by atoms with Crippen molar-refractivity contribution < 1.29 is 24.8 Å². The van der Waals surface area contributed by atoms with Crippen LogP contribution in [0.4, 0.5) is 23.3 Å². The molecule has 1 aromatic carbocycles. The molecule has 0 bridgehead atoms. The summed E-state index contributed by atoms with van der Waals surface area (Å²) in [6, 6.07) is -1.09. The van der Waals surface area contributed by atoms with Gasteiger partial charge in [0, 0.05) is 13.0 Å². The number of imidazole rings is 2. The molecule has 2 aliphatic rings. The van der Waals surface area contributed by atoms with Gasteiger partial charge in [-0.2, -0.15) is 9.97 Å². The van der Waals surface area contributed by atoms with Crippen molar-refractivity contribution in [1.82, 2.24) is 39.0 Å². The predicted molar refractivity (Wildman–Crippen MR) is 154 cm³/mol. The Labute approximate surface area is 248 Å². The van der Waals surface area contributed by atoms with Crippen LogP contribution in [0.2, 0.25) is 0 Å². The third-order valence-electron chi connectivity index (χ3n) is 7.95. The molecule has 21 heteroatoms. The number of hydrogen-bond acceptors (Lipinski definition) is 17. The van der Waals surface area contributed by atoms with Crippen LogP contribution in [-0.4, -0.2) is 98.0 Å². The van der Waals surface area contributed by atoms with Crippen LogP contribution in [0.5, 0.6) is 0 Å². The Bertz CT molecular complexity index is 2130. The molecule has 0 unspecified atom stereocenters. The molecule has 236 valence electrons. The van der Waals surface area contributed by atoms with E-state index in [0.29, 0.717) is 0 Å². The molecule has 2 fully saturated rings. The van der Waals surface area contributed by atoms with Gasteiger partial charge < -0.3 is 46.9 Å². The molecule has 2 aliphatic heterocycles. The molecule has 0 radical (unpaired) electrons. The van der Waals surface area contributed by atoms with Crippen molar-refractivity contribution in [2.75, 3.05) is 35.3 Å². The fourth-order valence-corrected chi connectivity index (χ4v) is 5.73. The van der Waals surface area contributed by atoms with Crippen LogP contribution in [-0.2, 0) is 9.47 Å². The first-order valence-electron chi connectivity index (χ1n) is 13.6. The average Bonchev–Trinajstić information content (AvgIpc) is 3.77. The number of fused-ring (bicyclic) bond motifs is 2. The molecule has 0 aliphatic carbocycles. The Morgan fingerprint density at radius 1 is 0.889 bits per heavy atom. The number of nitrogens with zero attached hydrogens (tertiary/aromatic N) is 6. The largest absolute Gasteiger partial charge is 0.394 e. The zero-order valence-corrected chi connectivity index (χ0v) is 22.9. The number of aliphatic hydroxyl groups excluding tert-OH is 3. The molecule has 0 amide bonds. The number of nitrogens with two attached hydrogens (primary N) is 2. The third-order valence-corrected chi connectivity index (χ3v) is 7.95. The maximum atomic E-state index is 12.6. The Hall–Kier alpha value is -5.22. The molecule has 4 aromatic heterocycles. The van der Waals surface area contributed by atoms with Gasteiger partial charge in [-0.1, -0.05) is 0 Å². The first kappa shape index (κ1) is 28.5. The summed E-state index contributed by atoms with van der Waals surface area (Å²) in [6.07, 6.45) is -3.62. The van der Waals surface area contributed by atoms with Crippen LogP contribution in [0, 0.1) is 0 Å². The molecule has 11 N–H and O–H groups in total. The minimum Gasteiger partial charge on any atom is -0.394 e. The average molecular weight is 627 g/mol. The summed E-state index contributed by atoms with van der Waals surface area (Å²) in [5, 5.41) is 37.4. The molecular weight excluding hydrogens is 600 g/mol. The van der Waals surface area contributed by atoms with Crippen LogP contribution in [0.1, 0.15) is 18.9 Å². The quantitative estimate of drug-likeness (QED) is 0.0737. The number of nitrogen functional groups attached to an aromatic ring is 2. The van der Waals surface area contributed by atoms with Gasteiger partial charge in [0.25, 0.3) is 22.0 Å². The van der Waals surface area contributed by atoms with E-state index in [1.54, 1.807) is 0 Å². The first-order valence-corrected chi connectivity index (χ1v) is 13.6. The van der Waals surface area contributed by atoms with Gasteiger partial charge in [0.15, 0.2) is 28.6 Å². The van der Waals surface area contributed by atoms with Crippen LogP contribution in [0.3, 0.4) is 0 Å². The molecule has 7 rings (SSSR count). The summed E-state index contributed by atoms with van der Waals surface area (Å²) >= 11 is 0. The van der Waals surface area contributed by atoms with E-state index in [4.69, 9.17) is 20.9 Å². The highest BCUT2D eigenvalue weighted by Crippen LogP contribution is 2.34. The second-order valence-electron chi connectivity index (χ2n) is 10.7. The van der Waals surface area contributed by atoms with E-state index in [0.717, 1.165) is 0 Å². The highest BCUT2D eigenvalue weighted by Gasteiger charge is 2.46. The summed E-state index contributed by atoms with van der Waals surface area (Å²) in [6.45, 7) is -0.677. The molecular formula is C24H26N12O9. The number of rotatable bonds is 8. The predicted octanol–water partition coefficient (Wildman–Crippen LogP) is -4.20. The molecule has 2 saturated heterocycles. The summed E-state index contributed by atoms with van der Waals surface area (Å²) in [5.41, 5.74) is 8.36. The van der Waals surface area contributed by atoms with E-state index in [9.17, 15) is 34.5 Å². The smallest absolute Gasteiger partial charge is 0.280 e. The van der Waals surface area contributed by atoms with Crippen molar-refractivity contribution in [2.24, 2.45) is 0 Å². The maximum absolute atomic E-state index is 12.6. The Morgan fingerprint density at radius 3 is 2.13 bits per heavy atom. The van der Waals surface area contributed by atoms with Gasteiger partial charge in [-0.15, -0.1) is 0 Å². The van der Waals surface area contributed by atoms with E-state index >= 15 is 0 Å². The second-order valence-corrected chi connectivity index (χ2v) is 10.7. The van der Waals surface area contributed by atoms with Gasteiger partial charge >= 0.3 is 0 Å². The Kier molecular flexibility index (Phi) is 6.63. The Morgan fingerprint density at radius 2 is 1.49 bits per heavy atom. The first-order chi connectivity index (χ1) is 21.5. The highest BCUT2D eigenvalue weighted by molar-refractivity contribution is 5.75. The molecule has 6 heterocycles. The van der Waals surface area contributed by atoms with Gasteiger partial charge in [0.2, 0.25) is 11.9 Å². The lowest BCUT2D eigenvalue weighted by Crippen LogP contribution is -2.46. The van der Waals surface area contributed by atoms with Gasteiger partial charge in [0.1, 0.15) is 35.9 Å². The number of aliphatic hydroxyl groups is 3. The van der Waals surface area contributed by atoms with E-state index in [1.165, 1.54) is 21.8 Å². The van der Waals surface area contributed by atoms with Gasteiger partial charge in [0.05, 0.1) is 31.4 Å². The third kappa shape index (κ3) is 4.52. The van der Waals surface area contributed by atoms with Crippen molar-refractivity contribution in [1.29, 1.82) is 0 Å². The SMILES string of the molecule is Nc1nc2c(ncn2[C@@H]2O[C@H](CO)[C@@H](Nc3c(NC[C@H]4O[C@@H](n5cnc6c(=O)[nH]c(N)nc65)C[C@@H]4O)c(=O)c3=O)[C@H]2O)c(=O)[nH]1. The number of ether oxygens (including phenoxy) is 2. The van der Waals surface area contributed by atoms with Crippen molar-refractivity contribution in [2.45, 2.75) is 49.3 Å². The summed E-state index contributed by atoms with van der Waals surface area (Å²) in [5.74, 6) is -0.305. The fourth-order valence-electron chi connectivity index (χ4n) is 5.73. The van der Waals surface area contributed by atoms with Crippen LogP contribution >= 0.6 is 0 Å². The second kappa shape index (κ2) is 10.4. The standard InChI is InChI=1S/C24H26N12O9/c25-23-31-18-13(20(42)33-23)28-4-35(18)9-1-6(38)7(44-9)2-27-11-12(16(40)15(11)39)30-10-8(3-37)45-22(17(10)41)36-5-29-14-19(36)32-24(26)34-21(14)43/h4-10,17,22,27,30,37-38,41H,1-3H2,(H3,25,31,33,42)(H3,26,32,34,43)/t6-,7+,8+,9+,10+,17+,22+/m0/s1. The molecule has 0 spiro atoms. The van der Waals surface area contributed by atoms with Gasteiger partial charge in [-0.3, -0.25) is 38.3 Å². The zero-order valence-electron chi connectivity index (χ0n) is 22.9. The number of aromatic nitrogens is 8. The van der Waals surface area contributed by atoms with Crippen molar-refractivity contribution in [3.05, 3.63) is 53.8 Å². The molecule has 0 saturated carbocycles. The summed E-state index contributed by atoms with van der Waals surface area (Å²) in [7, 11) is 0. The van der Waals surface area contributed by atoms with Crippen molar-refractivity contribution in [3.8, 4) is 0 Å². The normalized spacial score (nSPS) is 26.8. The number of aromatic amines is 2. The lowest BCUT2D eigenvalue weighted by molar-refractivity contribution is -0.0487. The topological polar surface area (TPSA) is 317 Å². The van der Waals surface area contributed by atoms with E-state index in [1.807, 2.05) is 0 Å². The van der Waals surface area contributed by atoms with Gasteiger partial charge in [-0.05, 0) is 0 Å². The Balaban J connectivity index is 1.07. The zero-order chi connectivity index (χ0) is 31.7. The number of anilines is 4. The molecule has 7 atom stereocenters. The summed E-state index contributed by atoms with van der Waals surface area (Å²) < 4.78 is 14.5. The lowest BCUT2D eigenvalue weighted by atomic mass is 10.0. The molecule has 5 aromatic rings. The van der Waals surface area contributed by atoms with Crippen LogP contribution in [0.25, 0.3) is 22.3 Å². The molecule has 45 heavy (non-hydrogen) atoms. The van der Waals surface area contributed by atoms with Gasteiger partial charge in [-0.25, -0.2) is 9.97 Å². The fraction of sp³-hybridized carbons (Fsp3) is 0.417. The minimum atomic E-state index is -1.42. The number of hydrogen-bond donors (Lipinski definition) is 9. The number of H-pyrrole nitrogens is 2. The highest BCUT2D eigenvalue weighted by atomic mass is 16.5. The molecule has 21 nitrogen and oxygen atoms in total. The van der Waals surface area contributed by atoms with Crippen LogP contribution < -0.4 is 44.1 Å². The maximum Gasteiger partial charge on any atom is 0.280 e. The van der Waals surface area contributed by atoms with E-state index in [2.05, 4.69) is 40.5 Å². The van der Waals surface area contributed by atoms with E-state index in [-0.39, 0.29) is 58.6 Å². The van der Waals surface area contributed by atoms with Crippen molar-refractivity contribution in [3.63, 3.8) is 0 Å². The monoisotopic (exact) mass is 626 g/mol. The lowest BCUT2D eigenvalue weighted by Gasteiger charge is -2.25. The minimum absolute atomic E-state index is 0.0253.